The summed E-state index contributed by atoms with van der Waals surface area (Å²) in [6, 6.07) is 20.2. The molecule has 23 heavy (non-hydrogen) atoms. The van der Waals surface area contributed by atoms with Gasteiger partial charge in [0.1, 0.15) is 12.6 Å². The van der Waals surface area contributed by atoms with Crippen molar-refractivity contribution in [1.82, 2.24) is 5.32 Å². The van der Waals surface area contributed by atoms with Gasteiger partial charge in [-0.15, -0.1) is 0 Å². The minimum absolute atomic E-state index is 0.132. The van der Waals surface area contributed by atoms with Crippen LogP contribution in [0, 0.1) is 5.92 Å². The van der Waals surface area contributed by atoms with Crippen molar-refractivity contribution in [3.8, 4) is 0 Å². The van der Waals surface area contributed by atoms with E-state index in [1.807, 2.05) is 36.4 Å². The van der Waals surface area contributed by atoms with Crippen LogP contribution in [0.25, 0.3) is 0 Å². The molecule has 0 spiro atoms. The number of benzene rings is 2. The quantitative estimate of drug-likeness (QED) is 0.861. The van der Waals surface area contributed by atoms with Crippen molar-refractivity contribution >= 4 is 5.97 Å². The second-order valence-electron chi connectivity index (χ2n) is 6.19. The zero-order valence-corrected chi connectivity index (χ0v) is 13.3. The molecule has 0 aliphatic carbocycles. The monoisotopic (exact) mass is 309 g/mol. The maximum absolute atomic E-state index is 12.2. The van der Waals surface area contributed by atoms with E-state index in [9.17, 15) is 4.79 Å². The zero-order chi connectivity index (χ0) is 15.9. The molecule has 0 unspecified atom stereocenters. The number of rotatable bonds is 5. The predicted molar refractivity (Wildman–Crippen MR) is 90.9 cm³/mol. The molecule has 0 bridgehead atoms. The average molecular weight is 309 g/mol. The van der Waals surface area contributed by atoms with Crippen LogP contribution in [0.15, 0.2) is 60.7 Å². The average Bonchev–Trinajstić information content (AvgIpc) is 2.62. The first-order valence-corrected chi connectivity index (χ1v) is 8.29. The molecular formula is C20H23NO2. The Labute approximate surface area is 137 Å². The van der Waals surface area contributed by atoms with Crippen molar-refractivity contribution in [2.24, 2.45) is 5.92 Å². The largest absolute Gasteiger partial charge is 0.460 e. The van der Waals surface area contributed by atoms with Crippen molar-refractivity contribution in [1.29, 1.82) is 0 Å². The van der Waals surface area contributed by atoms with Gasteiger partial charge in [-0.05, 0) is 42.9 Å². The fourth-order valence-electron chi connectivity index (χ4n) is 3.07. The van der Waals surface area contributed by atoms with Crippen molar-refractivity contribution in [3.63, 3.8) is 0 Å². The van der Waals surface area contributed by atoms with E-state index in [4.69, 9.17) is 4.74 Å². The molecule has 2 aromatic carbocycles. The van der Waals surface area contributed by atoms with Crippen LogP contribution in [0.5, 0.6) is 0 Å². The predicted octanol–water partition coefficient (Wildman–Crippen LogP) is 3.34. The molecule has 120 valence electrons. The van der Waals surface area contributed by atoms with Gasteiger partial charge in [0.2, 0.25) is 0 Å². The molecule has 0 aromatic heterocycles. The molecular weight excluding hydrogens is 286 g/mol. The Hall–Kier alpha value is -2.13. The van der Waals surface area contributed by atoms with Crippen LogP contribution in [0.3, 0.4) is 0 Å². The van der Waals surface area contributed by atoms with Crippen LogP contribution in [0.2, 0.25) is 0 Å². The molecule has 3 heteroatoms. The highest BCUT2D eigenvalue weighted by molar-refractivity contribution is 5.75. The second-order valence-corrected chi connectivity index (χ2v) is 6.19. The van der Waals surface area contributed by atoms with E-state index in [-0.39, 0.29) is 12.0 Å². The summed E-state index contributed by atoms with van der Waals surface area (Å²) in [4.78, 5) is 12.2. The van der Waals surface area contributed by atoms with E-state index in [2.05, 4.69) is 29.6 Å². The Morgan fingerprint density at radius 3 is 2.22 bits per heavy atom. The van der Waals surface area contributed by atoms with Gasteiger partial charge in [0, 0.05) is 0 Å². The summed E-state index contributed by atoms with van der Waals surface area (Å²) in [5.74, 6) is 0.461. The third-order valence-electron chi connectivity index (χ3n) is 4.39. The number of nitrogens with one attached hydrogen (secondary N) is 1. The third-order valence-corrected chi connectivity index (χ3v) is 4.39. The van der Waals surface area contributed by atoms with Crippen LogP contribution < -0.4 is 5.32 Å². The fourth-order valence-corrected chi connectivity index (χ4v) is 3.07. The summed E-state index contributed by atoms with van der Waals surface area (Å²) in [6.07, 6.45) is 2.98. The van der Waals surface area contributed by atoms with Crippen LogP contribution in [-0.4, -0.2) is 18.6 Å². The van der Waals surface area contributed by atoms with Gasteiger partial charge in [-0.2, -0.15) is 0 Å². The van der Waals surface area contributed by atoms with Crippen molar-refractivity contribution in [2.45, 2.75) is 31.9 Å². The number of piperidine rings is 1. The van der Waals surface area contributed by atoms with Gasteiger partial charge < -0.3 is 10.1 Å². The Bertz CT molecular complexity index is 604. The molecule has 0 radical (unpaired) electrons. The minimum atomic E-state index is -0.161. The van der Waals surface area contributed by atoms with Gasteiger partial charge in [0.05, 0.1) is 0 Å². The summed E-state index contributed by atoms with van der Waals surface area (Å²) >= 11 is 0. The zero-order valence-electron chi connectivity index (χ0n) is 13.3. The van der Waals surface area contributed by atoms with Gasteiger partial charge in [-0.25, -0.2) is 0 Å². The van der Waals surface area contributed by atoms with E-state index in [0.29, 0.717) is 12.5 Å². The highest BCUT2D eigenvalue weighted by Gasteiger charge is 2.26. The van der Waals surface area contributed by atoms with Crippen LogP contribution >= 0.6 is 0 Å². The van der Waals surface area contributed by atoms with Gasteiger partial charge >= 0.3 is 5.97 Å². The molecule has 1 N–H and O–H groups in total. The Morgan fingerprint density at radius 1 is 0.957 bits per heavy atom. The third kappa shape index (κ3) is 4.67. The van der Waals surface area contributed by atoms with Crippen molar-refractivity contribution < 1.29 is 9.53 Å². The number of carbonyl (C=O) groups is 1. The summed E-state index contributed by atoms with van der Waals surface area (Å²) in [6.45, 7) is 1.23. The minimum Gasteiger partial charge on any atom is -0.460 e. The first-order valence-electron chi connectivity index (χ1n) is 8.29. The molecule has 1 aliphatic rings. The van der Waals surface area contributed by atoms with Gasteiger partial charge in [-0.1, -0.05) is 60.7 Å². The van der Waals surface area contributed by atoms with E-state index in [1.54, 1.807) is 0 Å². The summed E-state index contributed by atoms with van der Waals surface area (Å²) in [7, 11) is 0. The Morgan fingerprint density at radius 2 is 1.61 bits per heavy atom. The molecule has 1 saturated heterocycles. The Balaban J connectivity index is 1.42. The first-order chi connectivity index (χ1) is 11.3. The first kappa shape index (κ1) is 15.8. The smallest absolute Gasteiger partial charge is 0.323 e. The summed E-state index contributed by atoms with van der Waals surface area (Å²) in [5.41, 5.74) is 2.39. The number of ether oxygens (including phenoxy) is 1. The lowest BCUT2D eigenvalue weighted by Gasteiger charge is -2.28. The SMILES string of the molecule is O=C(OCc1ccccc1)[C@@H]1CC[C@@H](Cc2ccccc2)CN1. The van der Waals surface area contributed by atoms with E-state index < -0.39 is 0 Å². The molecule has 3 rings (SSSR count). The maximum atomic E-state index is 12.2. The highest BCUT2D eigenvalue weighted by Crippen LogP contribution is 2.20. The summed E-state index contributed by atoms with van der Waals surface area (Å²) in [5, 5.41) is 3.35. The number of hydrogen-bond acceptors (Lipinski definition) is 3. The second kappa shape index (κ2) is 7.93. The maximum Gasteiger partial charge on any atom is 0.323 e. The van der Waals surface area contributed by atoms with Gasteiger partial charge in [0.15, 0.2) is 0 Å². The Kier molecular flexibility index (Phi) is 5.43. The van der Waals surface area contributed by atoms with Crippen LogP contribution in [0.4, 0.5) is 0 Å². The molecule has 0 saturated carbocycles. The lowest BCUT2D eigenvalue weighted by Crippen LogP contribution is -2.45. The van der Waals surface area contributed by atoms with Crippen LogP contribution in [-0.2, 0) is 22.6 Å². The van der Waals surface area contributed by atoms with E-state index in [1.165, 1.54) is 5.56 Å². The standard InChI is InChI=1S/C20H23NO2/c22-20(23-15-17-9-5-2-6-10-17)19-12-11-18(14-21-19)13-16-7-3-1-4-8-16/h1-10,18-19,21H,11-15H2/t18-,19-/m0/s1. The van der Waals surface area contributed by atoms with E-state index >= 15 is 0 Å². The van der Waals surface area contributed by atoms with Crippen molar-refractivity contribution in [2.75, 3.05) is 6.54 Å². The summed E-state index contributed by atoms with van der Waals surface area (Å²) < 4.78 is 5.42. The van der Waals surface area contributed by atoms with E-state index in [0.717, 1.165) is 31.4 Å². The molecule has 1 fully saturated rings. The molecule has 1 heterocycles. The molecule has 2 atom stereocenters. The topological polar surface area (TPSA) is 38.3 Å². The van der Waals surface area contributed by atoms with Gasteiger partial charge in [0.25, 0.3) is 0 Å². The number of hydrogen-bond donors (Lipinski definition) is 1. The molecule has 0 amide bonds. The lowest BCUT2D eigenvalue weighted by molar-refractivity contribution is -0.148. The molecule has 3 nitrogen and oxygen atoms in total. The molecule has 1 aliphatic heterocycles. The van der Waals surface area contributed by atoms with Crippen LogP contribution in [0.1, 0.15) is 24.0 Å². The van der Waals surface area contributed by atoms with Crippen molar-refractivity contribution in [3.05, 3.63) is 71.8 Å². The normalized spacial score (nSPS) is 20.9. The lowest BCUT2D eigenvalue weighted by atomic mass is 9.89. The van der Waals surface area contributed by atoms with Gasteiger partial charge in [-0.3, -0.25) is 4.79 Å². The fraction of sp³-hybridized carbons (Fsp3) is 0.350. The highest BCUT2D eigenvalue weighted by atomic mass is 16.5. The number of esters is 1. The number of carbonyl (C=O) groups excluding carboxylic acids is 1. The molecule has 2 aromatic rings.